The minimum absolute atomic E-state index is 0.0348. The molecular formula is C14H15F2N3O. The molecule has 20 heavy (non-hydrogen) atoms. The molecule has 0 aliphatic heterocycles. The molecule has 0 saturated heterocycles. The number of nitrogens with zero attached hydrogens (tertiary/aromatic N) is 2. The molecule has 3 rings (SSSR count). The average Bonchev–Trinajstić information content (AvgIpc) is 2.93. The third kappa shape index (κ3) is 2.20. The summed E-state index contributed by atoms with van der Waals surface area (Å²) in [5.74, 6) is -1.59. The van der Waals surface area contributed by atoms with Crippen LogP contribution >= 0.6 is 0 Å². The van der Waals surface area contributed by atoms with Gasteiger partial charge in [0.2, 0.25) is 0 Å². The predicted octanol–water partition coefficient (Wildman–Crippen LogP) is 3.13. The molecule has 0 amide bonds. The quantitative estimate of drug-likeness (QED) is 0.917. The molecule has 1 aromatic carbocycles. The highest BCUT2D eigenvalue weighted by Crippen LogP contribution is 2.34. The first-order valence-electron chi connectivity index (χ1n) is 6.68. The normalized spacial score (nSPS) is 18.1. The molecule has 0 atom stereocenters. The van der Waals surface area contributed by atoms with Crippen LogP contribution in [0.1, 0.15) is 37.9 Å². The topological polar surface area (TPSA) is 64.9 Å². The summed E-state index contributed by atoms with van der Waals surface area (Å²) in [5, 5.41) is 3.86. The second-order valence-corrected chi connectivity index (χ2v) is 5.24. The molecule has 1 heterocycles. The number of hydrogen-bond acceptors (Lipinski definition) is 4. The lowest BCUT2D eigenvalue weighted by Gasteiger charge is -2.29. The number of aromatic nitrogens is 2. The van der Waals surface area contributed by atoms with E-state index in [0.717, 1.165) is 38.2 Å². The summed E-state index contributed by atoms with van der Waals surface area (Å²) in [6.45, 7) is 0. The van der Waals surface area contributed by atoms with E-state index in [1.807, 2.05) is 0 Å². The van der Waals surface area contributed by atoms with E-state index in [1.165, 1.54) is 12.1 Å². The van der Waals surface area contributed by atoms with Crippen molar-refractivity contribution in [3.63, 3.8) is 0 Å². The summed E-state index contributed by atoms with van der Waals surface area (Å²) in [6.07, 6.45) is 4.71. The highest BCUT2D eigenvalue weighted by atomic mass is 19.2. The Labute approximate surface area is 115 Å². The van der Waals surface area contributed by atoms with Gasteiger partial charge in [0.15, 0.2) is 17.5 Å². The molecule has 1 fully saturated rings. The van der Waals surface area contributed by atoms with E-state index >= 15 is 0 Å². The summed E-state index contributed by atoms with van der Waals surface area (Å²) >= 11 is 0. The Morgan fingerprint density at radius 2 is 1.90 bits per heavy atom. The number of halogens is 2. The van der Waals surface area contributed by atoms with Crippen molar-refractivity contribution in [2.45, 2.75) is 37.6 Å². The molecule has 2 aromatic rings. The third-order valence-corrected chi connectivity index (χ3v) is 3.80. The van der Waals surface area contributed by atoms with E-state index in [2.05, 4.69) is 10.1 Å². The van der Waals surface area contributed by atoms with Gasteiger partial charge in [0.1, 0.15) is 0 Å². The summed E-state index contributed by atoms with van der Waals surface area (Å²) in [6, 6.07) is 3.85. The van der Waals surface area contributed by atoms with E-state index in [4.69, 9.17) is 10.3 Å². The van der Waals surface area contributed by atoms with Crippen LogP contribution in [0.25, 0.3) is 11.5 Å². The van der Waals surface area contributed by atoms with Gasteiger partial charge in [-0.05, 0) is 25.0 Å². The molecule has 0 spiro atoms. The van der Waals surface area contributed by atoms with Gasteiger partial charge in [-0.3, -0.25) is 0 Å². The predicted molar refractivity (Wildman–Crippen MR) is 68.6 cm³/mol. The Kier molecular flexibility index (Phi) is 3.25. The SMILES string of the molecule is NC1(c2noc(-c3cccc(F)c3F)n2)CCCCC1. The smallest absolute Gasteiger partial charge is 0.261 e. The van der Waals surface area contributed by atoms with Crippen LogP contribution in [0, 0.1) is 11.6 Å². The third-order valence-electron chi connectivity index (χ3n) is 3.80. The molecule has 2 N–H and O–H groups in total. The summed E-state index contributed by atoms with van der Waals surface area (Å²) in [5.41, 5.74) is 5.63. The maximum absolute atomic E-state index is 13.7. The Morgan fingerprint density at radius 3 is 2.65 bits per heavy atom. The van der Waals surface area contributed by atoms with E-state index < -0.39 is 17.2 Å². The standard InChI is InChI=1S/C14H15F2N3O/c15-10-6-4-5-9(11(10)16)12-18-13(19-20-12)14(17)7-2-1-3-8-14/h4-6H,1-3,7-8,17H2. The van der Waals surface area contributed by atoms with Crippen LogP contribution < -0.4 is 5.73 Å². The molecule has 1 aliphatic carbocycles. The number of benzene rings is 1. The Bertz CT molecular complexity index is 621. The van der Waals surface area contributed by atoms with Crippen molar-refractivity contribution in [1.82, 2.24) is 10.1 Å². The highest BCUT2D eigenvalue weighted by Gasteiger charge is 2.34. The van der Waals surface area contributed by atoms with Gasteiger partial charge < -0.3 is 10.3 Å². The van der Waals surface area contributed by atoms with Gasteiger partial charge in [-0.1, -0.05) is 30.5 Å². The Hall–Kier alpha value is -1.82. The first-order chi connectivity index (χ1) is 9.60. The van der Waals surface area contributed by atoms with Crippen molar-refractivity contribution in [3.8, 4) is 11.5 Å². The van der Waals surface area contributed by atoms with Crippen LogP contribution in [0.4, 0.5) is 8.78 Å². The van der Waals surface area contributed by atoms with Crippen LogP contribution in [-0.2, 0) is 5.54 Å². The molecule has 0 radical (unpaired) electrons. The lowest BCUT2D eigenvalue weighted by Crippen LogP contribution is -2.39. The largest absolute Gasteiger partial charge is 0.334 e. The van der Waals surface area contributed by atoms with Crippen molar-refractivity contribution in [2.24, 2.45) is 5.73 Å². The van der Waals surface area contributed by atoms with Crippen molar-refractivity contribution < 1.29 is 13.3 Å². The van der Waals surface area contributed by atoms with Crippen molar-refractivity contribution in [1.29, 1.82) is 0 Å². The minimum Gasteiger partial charge on any atom is -0.334 e. The summed E-state index contributed by atoms with van der Waals surface area (Å²) < 4.78 is 32.0. The first kappa shape index (κ1) is 13.2. The highest BCUT2D eigenvalue weighted by molar-refractivity contribution is 5.53. The monoisotopic (exact) mass is 279 g/mol. The Balaban J connectivity index is 1.96. The van der Waals surface area contributed by atoms with E-state index in [0.29, 0.717) is 5.82 Å². The zero-order chi connectivity index (χ0) is 14.2. The molecule has 1 aromatic heterocycles. The van der Waals surface area contributed by atoms with Gasteiger partial charge in [0.05, 0.1) is 11.1 Å². The zero-order valence-corrected chi connectivity index (χ0v) is 10.9. The van der Waals surface area contributed by atoms with Crippen LogP contribution in [0.2, 0.25) is 0 Å². The molecule has 1 saturated carbocycles. The fraction of sp³-hybridized carbons (Fsp3) is 0.429. The Morgan fingerprint density at radius 1 is 1.15 bits per heavy atom. The van der Waals surface area contributed by atoms with Gasteiger partial charge in [0.25, 0.3) is 5.89 Å². The van der Waals surface area contributed by atoms with E-state index in [1.54, 1.807) is 0 Å². The second-order valence-electron chi connectivity index (χ2n) is 5.24. The van der Waals surface area contributed by atoms with Crippen molar-refractivity contribution in [3.05, 3.63) is 35.7 Å². The van der Waals surface area contributed by atoms with E-state index in [-0.39, 0.29) is 11.5 Å². The number of nitrogens with two attached hydrogens (primary N) is 1. The molecule has 0 unspecified atom stereocenters. The van der Waals surface area contributed by atoms with Crippen molar-refractivity contribution >= 4 is 0 Å². The maximum Gasteiger partial charge on any atom is 0.261 e. The molecule has 106 valence electrons. The maximum atomic E-state index is 13.7. The minimum atomic E-state index is -0.989. The molecule has 4 nitrogen and oxygen atoms in total. The number of rotatable bonds is 2. The lowest BCUT2D eigenvalue weighted by molar-refractivity contribution is 0.275. The lowest BCUT2D eigenvalue weighted by atomic mass is 9.82. The molecule has 0 bridgehead atoms. The van der Waals surface area contributed by atoms with Gasteiger partial charge in [0, 0.05) is 0 Å². The van der Waals surface area contributed by atoms with Gasteiger partial charge in [-0.25, -0.2) is 8.78 Å². The average molecular weight is 279 g/mol. The molecular weight excluding hydrogens is 264 g/mol. The first-order valence-corrected chi connectivity index (χ1v) is 6.68. The van der Waals surface area contributed by atoms with Gasteiger partial charge in [-0.15, -0.1) is 0 Å². The van der Waals surface area contributed by atoms with Crippen LogP contribution in [0.5, 0.6) is 0 Å². The van der Waals surface area contributed by atoms with Crippen LogP contribution in [0.3, 0.4) is 0 Å². The zero-order valence-electron chi connectivity index (χ0n) is 10.9. The van der Waals surface area contributed by atoms with Gasteiger partial charge >= 0.3 is 0 Å². The number of hydrogen-bond donors (Lipinski definition) is 1. The van der Waals surface area contributed by atoms with Crippen molar-refractivity contribution in [2.75, 3.05) is 0 Å². The molecule has 6 heteroatoms. The fourth-order valence-corrected chi connectivity index (χ4v) is 2.61. The summed E-state index contributed by atoms with van der Waals surface area (Å²) in [4.78, 5) is 4.17. The van der Waals surface area contributed by atoms with Crippen LogP contribution in [-0.4, -0.2) is 10.1 Å². The second kappa shape index (κ2) is 4.94. The van der Waals surface area contributed by atoms with E-state index in [9.17, 15) is 8.78 Å². The van der Waals surface area contributed by atoms with Gasteiger partial charge in [-0.2, -0.15) is 4.98 Å². The van der Waals surface area contributed by atoms with Crippen LogP contribution in [0.15, 0.2) is 22.7 Å². The fourth-order valence-electron chi connectivity index (χ4n) is 2.61. The molecule has 1 aliphatic rings. The summed E-state index contributed by atoms with van der Waals surface area (Å²) in [7, 11) is 0.